The molecule has 0 spiro atoms. The van der Waals surface area contributed by atoms with Gasteiger partial charge in [-0.3, -0.25) is 0 Å². The molecule has 1 saturated carbocycles. The highest BCUT2D eigenvalue weighted by molar-refractivity contribution is 7.91. The molecule has 5 heteroatoms. The van der Waals surface area contributed by atoms with E-state index in [1.54, 1.807) is 6.20 Å². The van der Waals surface area contributed by atoms with Crippen molar-refractivity contribution in [3.05, 3.63) is 36.0 Å². The van der Waals surface area contributed by atoms with Gasteiger partial charge in [0.2, 0.25) is 10.0 Å². The molecule has 2 aromatic rings. The van der Waals surface area contributed by atoms with Crippen LogP contribution in [0, 0.1) is 0 Å². The Morgan fingerprint density at radius 2 is 2.06 bits per heavy atom. The Hall–Kier alpha value is -1.33. The highest BCUT2D eigenvalue weighted by Crippen LogP contribution is 2.32. The lowest BCUT2D eigenvalue weighted by atomic mass is 10.1. The van der Waals surface area contributed by atoms with Crippen LogP contribution in [0.5, 0.6) is 0 Å². The molecule has 0 bridgehead atoms. The van der Waals surface area contributed by atoms with E-state index in [9.17, 15) is 8.42 Å². The fraction of sp³-hybridized carbons (Fsp3) is 0.333. The van der Waals surface area contributed by atoms with Gasteiger partial charge in [0.25, 0.3) is 0 Å². The molecule has 2 N–H and O–H groups in total. The van der Waals surface area contributed by atoms with E-state index in [-0.39, 0.29) is 5.25 Å². The number of aromatic nitrogens is 1. The number of benzene rings is 1. The van der Waals surface area contributed by atoms with Crippen LogP contribution >= 0.6 is 0 Å². The standard InChI is InChI=1S/C12H14N2O2S/c13-8-9-1-4-12-10(7-9)5-6-14(12)17(15,16)11-2-3-11/h1,4-7,11H,2-3,8,13H2. The summed E-state index contributed by atoms with van der Waals surface area (Å²) in [6, 6.07) is 7.47. The summed E-state index contributed by atoms with van der Waals surface area (Å²) >= 11 is 0. The first-order valence-corrected chi connectivity index (χ1v) is 7.17. The molecule has 1 fully saturated rings. The Labute approximate surface area is 100 Å². The van der Waals surface area contributed by atoms with Crippen LogP contribution in [0.15, 0.2) is 30.5 Å². The Bertz CT molecular complexity index is 669. The van der Waals surface area contributed by atoms with Gasteiger partial charge >= 0.3 is 0 Å². The van der Waals surface area contributed by atoms with Crippen LogP contribution in [0.25, 0.3) is 10.9 Å². The molecule has 1 aromatic heterocycles. The summed E-state index contributed by atoms with van der Waals surface area (Å²) < 4.78 is 25.7. The smallest absolute Gasteiger partial charge is 0.241 e. The van der Waals surface area contributed by atoms with E-state index >= 15 is 0 Å². The molecule has 1 aromatic carbocycles. The number of fused-ring (bicyclic) bond motifs is 1. The third-order valence-corrected chi connectivity index (χ3v) is 5.35. The summed E-state index contributed by atoms with van der Waals surface area (Å²) in [7, 11) is -3.18. The molecular weight excluding hydrogens is 236 g/mol. The molecule has 1 aliphatic carbocycles. The summed E-state index contributed by atoms with van der Waals surface area (Å²) in [6.07, 6.45) is 3.20. The lowest BCUT2D eigenvalue weighted by Crippen LogP contribution is -2.16. The van der Waals surface area contributed by atoms with Crippen LogP contribution in [-0.2, 0) is 16.6 Å². The third kappa shape index (κ3) is 1.66. The van der Waals surface area contributed by atoms with Gasteiger partial charge < -0.3 is 5.73 Å². The summed E-state index contributed by atoms with van der Waals surface area (Å²) in [4.78, 5) is 0. The van der Waals surface area contributed by atoms with Crippen molar-refractivity contribution >= 4 is 20.9 Å². The van der Waals surface area contributed by atoms with Gasteiger partial charge in [-0.25, -0.2) is 12.4 Å². The van der Waals surface area contributed by atoms with Crippen molar-refractivity contribution in [3.63, 3.8) is 0 Å². The summed E-state index contributed by atoms with van der Waals surface area (Å²) in [5.74, 6) is 0. The number of hydrogen-bond donors (Lipinski definition) is 1. The van der Waals surface area contributed by atoms with Gasteiger partial charge in [0.15, 0.2) is 0 Å². The van der Waals surface area contributed by atoms with Crippen LogP contribution < -0.4 is 5.73 Å². The second-order valence-electron chi connectivity index (χ2n) is 4.45. The molecule has 4 nitrogen and oxygen atoms in total. The summed E-state index contributed by atoms with van der Waals surface area (Å²) in [6.45, 7) is 0.469. The normalized spacial score (nSPS) is 16.5. The van der Waals surface area contributed by atoms with E-state index in [0.29, 0.717) is 6.54 Å². The lowest BCUT2D eigenvalue weighted by molar-refractivity contribution is 0.587. The van der Waals surface area contributed by atoms with E-state index in [0.717, 1.165) is 29.3 Å². The monoisotopic (exact) mass is 250 g/mol. The molecule has 0 radical (unpaired) electrons. The SMILES string of the molecule is NCc1ccc2c(ccn2S(=O)(=O)C2CC2)c1. The number of nitrogens with zero attached hydrogens (tertiary/aromatic N) is 1. The zero-order chi connectivity index (χ0) is 12.0. The van der Waals surface area contributed by atoms with E-state index in [4.69, 9.17) is 5.73 Å². The number of hydrogen-bond acceptors (Lipinski definition) is 3. The van der Waals surface area contributed by atoms with Crippen LogP contribution in [0.3, 0.4) is 0 Å². The molecule has 17 heavy (non-hydrogen) atoms. The quantitative estimate of drug-likeness (QED) is 0.896. The van der Waals surface area contributed by atoms with Crippen molar-refractivity contribution in [2.24, 2.45) is 5.73 Å². The maximum atomic E-state index is 12.2. The average Bonchev–Trinajstić information content (AvgIpc) is 3.09. The molecule has 90 valence electrons. The molecule has 1 aliphatic rings. The predicted molar refractivity (Wildman–Crippen MR) is 67.2 cm³/mol. The van der Waals surface area contributed by atoms with Crippen LogP contribution in [0.2, 0.25) is 0 Å². The minimum atomic E-state index is -3.18. The summed E-state index contributed by atoms with van der Waals surface area (Å²) in [5, 5.41) is 0.740. The van der Waals surface area contributed by atoms with E-state index in [2.05, 4.69) is 0 Å². The van der Waals surface area contributed by atoms with E-state index in [1.807, 2.05) is 24.3 Å². The maximum absolute atomic E-state index is 12.2. The Kier molecular flexibility index (Phi) is 2.27. The van der Waals surface area contributed by atoms with Crippen molar-refractivity contribution < 1.29 is 8.42 Å². The zero-order valence-electron chi connectivity index (χ0n) is 9.33. The minimum absolute atomic E-state index is 0.188. The van der Waals surface area contributed by atoms with Gasteiger partial charge in [0, 0.05) is 18.1 Å². The second-order valence-corrected chi connectivity index (χ2v) is 6.54. The summed E-state index contributed by atoms with van der Waals surface area (Å²) in [5.41, 5.74) is 7.32. The minimum Gasteiger partial charge on any atom is -0.326 e. The average molecular weight is 250 g/mol. The van der Waals surface area contributed by atoms with E-state index < -0.39 is 10.0 Å². The van der Waals surface area contributed by atoms with Gasteiger partial charge in [0.05, 0.1) is 10.8 Å². The van der Waals surface area contributed by atoms with Gasteiger partial charge in [0.1, 0.15) is 0 Å². The highest BCUT2D eigenvalue weighted by Gasteiger charge is 2.37. The lowest BCUT2D eigenvalue weighted by Gasteiger charge is -2.06. The molecule has 3 rings (SSSR count). The molecule has 0 atom stereocenters. The van der Waals surface area contributed by atoms with Crippen LogP contribution in [0.1, 0.15) is 18.4 Å². The molecule has 0 aliphatic heterocycles. The van der Waals surface area contributed by atoms with Crippen molar-refractivity contribution in [1.82, 2.24) is 3.97 Å². The molecule has 0 amide bonds. The first kappa shape index (κ1) is 10.8. The van der Waals surface area contributed by atoms with E-state index in [1.165, 1.54) is 3.97 Å². The third-order valence-electron chi connectivity index (χ3n) is 3.17. The Morgan fingerprint density at radius 3 is 2.71 bits per heavy atom. The highest BCUT2D eigenvalue weighted by atomic mass is 32.2. The second kappa shape index (κ2) is 3.58. The molecule has 1 heterocycles. The zero-order valence-corrected chi connectivity index (χ0v) is 10.2. The van der Waals surface area contributed by atoms with Gasteiger partial charge in [-0.2, -0.15) is 0 Å². The van der Waals surface area contributed by atoms with Crippen LogP contribution in [-0.4, -0.2) is 17.6 Å². The Balaban J connectivity index is 2.18. The Morgan fingerprint density at radius 1 is 1.29 bits per heavy atom. The van der Waals surface area contributed by atoms with Crippen molar-refractivity contribution in [3.8, 4) is 0 Å². The molecular formula is C12H14N2O2S. The first-order valence-electron chi connectivity index (χ1n) is 5.67. The van der Waals surface area contributed by atoms with Crippen molar-refractivity contribution in [2.75, 3.05) is 0 Å². The number of nitrogens with two attached hydrogens (primary N) is 1. The first-order chi connectivity index (χ1) is 8.13. The molecule has 0 unspecified atom stereocenters. The van der Waals surface area contributed by atoms with Crippen molar-refractivity contribution in [1.29, 1.82) is 0 Å². The topological polar surface area (TPSA) is 65.1 Å². The van der Waals surface area contributed by atoms with Gasteiger partial charge in [-0.15, -0.1) is 0 Å². The maximum Gasteiger partial charge on any atom is 0.241 e. The van der Waals surface area contributed by atoms with Gasteiger partial charge in [-0.05, 0) is 36.6 Å². The fourth-order valence-corrected chi connectivity index (χ4v) is 3.77. The fourth-order valence-electron chi connectivity index (χ4n) is 2.04. The van der Waals surface area contributed by atoms with Crippen molar-refractivity contribution in [2.45, 2.75) is 24.6 Å². The largest absolute Gasteiger partial charge is 0.326 e. The predicted octanol–water partition coefficient (Wildman–Crippen LogP) is 1.44. The molecule has 0 saturated heterocycles. The van der Waals surface area contributed by atoms with Gasteiger partial charge in [-0.1, -0.05) is 6.07 Å². The van der Waals surface area contributed by atoms with Crippen LogP contribution in [0.4, 0.5) is 0 Å². The number of rotatable bonds is 3.